The summed E-state index contributed by atoms with van der Waals surface area (Å²) in [5, 5.41) is 7.52. The van der Waals surface area contributed by atoms with Crippen molar-refractivity contribution < 1.29 is 0 Å². The lowest BCUT2D eigenvalue weighted by atomic mass is 9.92. The number of rotatable bonds is 8. The third kappa shape index (κ3) is 9.57. The van der Waals surface area contributed by atoms with Gasteiger partial charge in [0.2, 0.25) is 0 Å². The van der Waals surface area contributed by atoms with E-state index in [0.29, 0.717) is 0 Å². The summed E-state index contributed by atoms with van der Waals surface area (Å²) >= 11 is 1.75. The largest absolute Gasteiger partial charge is 0.310 e. The normalized spacial score (nSPS) is 10.9. The highest BCUT2D eigenvalue weighted by atomic mass is 32.2. The zero-order valence-corrected chi connectivity index (χ0v) is 45.7. The molecule has 0 spiro atoms. The number of benzene rings is 11. The number of thioether (sulfide) groups is 1. The fourth-order valence-corrected chi connectivity index (χ4v) is 10.9. The van der Waals surface area contributed by atoms with E-state index in [0.717, 1.165) is 28.4 Å². The van der Waals surface area contributed by atoms with E-state index in [9.17, 15) is 0 Å². The van der Waals surface area contributed by atoms with Crippen molar-refractivity contribution in [3.05, 3.63) is 260 Å². The van der Waals surface area contributed by atoms with Crippen LogP contribution in [-0.2, 0) is 0 Å². The molecule has 0 saturated heterocycles. The number of fused-ring (bicyclic) bond motifs is 8. The van der Waals surface area contributed by atoms with E-state index in [1.54, 1.807) is 11.8 Å². The summed E-state index contributed by atoms with van der Waals surface area (Å²) in [6, 6.07) is 91.0. The van der Waals surface area contributed by atoms with Crippen LogP contribution in [0, 0.1) is 13.8 Å². The number of anilines is 3. The highest BCUT2D eigenvalue weighted by Gasteiger charge is 2.20. The molecule has 76 heavy (non-hydrogen) atoms. The van der Waals surface area contributed by atoms with E-state index in [2.05, 4.69) is 277 Å². The molecule has 0 N–H and O–H groups in total. The van der Waals surface area contributed by atoms with E-state index in [4.69, 9.17) is 0 Å². The minimum absolute atomic E-state index is 1.09. The Kier molecular flexibility index (Phi) is 15.4. The highest BCUT2D eigenvalue weighted by molar-refractivity contribution is 7.97. The van der Waals surface area contributed by atoms with Crippen molar-refractivity contribution in [1.29, 1.82) is 0 Å². The fraction of sp³-hybridized carbons (Fsp3) is 0.111. The van der Waals surface area contributed by atoms with Gasteiger partial charge in [0.15, 0.2) is 0 Å². The molecule has 0 unspecified atom stereocenters. The molecule has 13 aromatic rings. The molecule has 0 saturated carbocycles. The summed E-state index contributed by atoms with van der Waals surface area (Å²) in [6.07, 6.45) is 4.08. The molecule has 0 radical (unpaired) electrons. The summed E-state index contributed by atoms with van der Waals surface area (Å²) in [5.74, 6) is 0. The average molecular weight is 1000 g/mol. The van der Waals surface area contributed by atoms with Crippen LogP contribution >= 0.6 is 11.8 Å². The van der Waals surface area contributed by atoms with E-state index < -0.39 is 0 Å². The van der Waals surface area contributed by atoms with Gasteiger partial charge in [0.25, 0.3) is 0 Å². The first kappa shape index (κ1) is 50.9. The summed E-state index contributed by atoms with van der Waals surface area (Å²) < 4.78 is 4.82. The van der Waals surface area contributed by atoms with Gasteiger partial charge in [-0.2, -0.15) is 11.8 Å². The molecule has 0 atom stereocenters. The summed E-state index contributed by atoms with van der Waals surface area (Å²) in [5.41, 5.74) is 20.2. The second-order valence-corrected chi connectivity index (χ2v) is 19.5. The Hall–Kier alpha value is -8.57. The van der Waals surface area contributed by atoms with Crippen molar-refractivity contribution in [1.82, 2.24) is 9.13 Å². The maximum atomic E-state index is 2.43. The van der Waals surface area contributed by atoms with Gasteiger partial charge in [-0.25, -0.2) is 0 Å². The van der Waals surface area contributed by atoms with Crippen LogP contribution < -0.4 is 4.90 Å². The third-order valence-corrected chi connectivity index (χ3v) is 14.1. The molecule has 374 valence electrons. The van der Waals surface area contributed by atoms with Crippen LogP contribution in [0.1, 0.15) is 38.8 Å². The predicted octanol–water partition coefficient (Wildman–Crippen LogP) is 21.2. The molecule has 0 aliphatic rings. The van der Waals surface area contributed by atoms with E-state index in [1.165, 1.54) is 98.9 Å². The second kappa shape index (κ2) is 22.9. The first-order valence-corrected chi connectivity index (χ1v) is 28.3. The number of para-hydroxylation sites is 4. The molecule has 2 heterocycles. The molecule has 3 nitrogen and oxygen atoms in total. The molecule has 0 amide bonds. The maximum absolute atomic E-state index is 2.43. The molecular weight excluding hydrogens is 939 g/mol. The molecular formula is C72H65N3S. The first-order valence-electron chi connectivity index (χ1n) is 26.6. The van der Waals surface area contributed by atoms with Gasteiger partial charge in [0, 0.05) is 50.0 Å². The van der Waals surface area contributed by atoms with Crippen molar-refractivity contribution in [2.24, 2.45) is 0 Å². The van der Waals surface area contributed by atoms with Gasteiger partial charge in [-0.1, -0.05) is 179 Å². The number of nitrogens with zero attached hydrogens (tertiary/aromatic N) is 3. The monoisotopic (exact) mass is 1000 g/mol. The van der Waals surface area contributed by atoms with Crippen molar-refractivity contribution in [2.75, 3.05) is 17.4 Å². The van der Waals surface area contributed by atoms with Crippen LogP contribution in [0.25, 0.3) is 99.1 Å². The minimum atomic E-state index is 1.09. The van der Waals surface area contributed by atoms with E-state index in [1.807, 2.05) is 40.2 Å². The van der Waals surface area contributed by atoms with Crippen molar-refractivity contribution in [3.8, 4) is 44.8 Å². The number of aryl methyl sites for hydroxylation is 2. The van der Waals surface area contributed by atoms with Crippen LogP contribution in [0.5, 0.6) is 0 Å². The highest BCUT2D eigenvalue weighted by Crippen LogP contribution is 2.43. The van der Waals surface area contributed by atoms with Gasteiger partial charge in [-0.05, 0) is 179 Å². The van der Waals surface area contributed by atoms with Gasteiger partial charge < -0.3 is 14.0 Å². The fourth-order valence-electron chi connectivity index (χ4n) is 10.9. The molecule has 2 aromatic heterocycles. The molecule has 0 bridgehead atoms. The lowest BCUT2D eigenvalue weighted by Crippen LogP contribution is -2.10. The minimum Gasteiger partial charge on any atom is -0.310 e. The summed E-state index contributed by atoms with van der Waals surface area (Å²) in [4.78, 5) is 2.36. The van der Waals surface area contributed by atoms with Crippen molar-refractivity contribution >= 4 is 83.2 Å². The Labute approximate surface area is 453 Å². The van der Waals surface area contributed by atoms with Gasteiger partial charge in [-0.3, -0.25) is 0 Å². The molecule has 0 aliphatic heterocycles. The second-order valence-electron chi connectivity index (χ2n) is 18.7. The van der Waals surface area contributed by atoms with Crippen LogP contribution in [0.2, 0.25) is 0 Å². The number of hydrogen-bond donors (Lipinski definition) is 0. The Morgan fingerprint density at radius 1 is 0.316 bits per heavy atom. The topological polar surface area (TPSA) is 13.1 Å². The number of hydrogen-bond acceptors (Lipinski definition) is 2. The van der Waals surface area contributed by atoms with Gasteiger partial charge in [0.1, 0.15) is 0 Å². The number of aromatic nitrogens is 2. The Morgan fingerprint density at radius 3 is 1.51 bits per heavy atom. The summed E-state index contributed by atoms with van der Waals surface area (Å²) in [6.45, 7) is 12.5. The molecule has 0 fully saturated rings. The SMILES string of the molecule is CC.CC.CSC.Cc1ccccc1-c1cc2c(ccc3c2c2cc(-c4cccc(-c5ccc(N(c6ccccc6)c6ccc7c8ccccc8n(-c8ccccc8)c7c6)cc5)c4)ccc2n3-c2ccccc2)cc1C. The molecule has 13 rings (SSSR count). The lowest BCUT2D eigenvalue weighted by Gasteiger charge is -2.26. The Morgan fingerprint density at radius 2 is 0.829 bits per heavy atom. The lowest BCUT2D eigenvalue weighted by molar-refractivity contribution is 1.18. The van der Waals surface area contributed by atoms with Crippen LogP contribution in [0.15, 0.2) is 249 Å². The quantitative estimate of drug-likeness (QED) is 0.150. The standard InChI is InChI=1S/C66H47N3.C2H6S.2C2H6/c1-44-17-12-13-26-56(44)59-43-60-50(39-45(59)2)32-38-64-66(60)61-41-49(31-37-63(61)68(64)52-22-8-4-9-23-52)48-19-16-18-47(40-48)46-29-33-54(34-30-46)67(51-20-6-3-7-21-51)55-35-36-58-57-27-14-15-28-62(57)69(65(58)42-55)53-24-10-5-11-25-53;1-3-2;2*1-2/h3-43H,1-2H3;1-2H3;2*1-2H3. The Bertz CT molecular complexity index is 4100. The van der Waals surface area contributed by atoms with Gasteiger partial charge in [0.05, 0.1) is 22.1 Å². The van der Waals surface area contributed by atoms with Gasteiger partial charge >= 0.3 is 0 Å². The van der Waals surface area contributed by atoms with Gasteiger partial charge in [-0.15, -0.1) is 0 Å². The van der Waals surface area contributed by atoms with Crippen LogP contribution in [0.4, 0.5) is 17.1 Å². The zero-order chi connectivity index (χ0) is 52.7. The van der Waals surface area contributed by atoms with E-state index in [-0.39, 0.29) is 0 Å². The molecule has 0 aliphatic carbocycles. The van der Waals surface area contributed by atoms with Crippen LogP contribution in [0.3, 0.4) is 0 Å². The first-order chi connectivity index (χ1) is 37.5. The van der Waals surface area contributed by atoms with Crippen molar-refractivity contribution in [2.45, 2.75) is 41.5 Å². The Balaban J connectivity index is 0.000000898. The summed E-state index contributed by atoms with van der Waals surface area (Å²) in [7, 11) is 0. The smallest absolute Gasteiger partial charge is 0.0561 e. The van der Waals surface area contributed by atoms with E-state index >= 15 is 0 Å². The van der Waals surface area contributed by atoms with Crippen molar-refractivity contribution in [3.63, 3.8) is 0 Å². The molecule has 11 aromatic carbocycles. The average Bonchev–Trinajstić information content (AvgIpc) is 4.13. The maximum Gasteiger partial charge on any atom is 0.0561 e. The third-order valence-electron chi connectivity index (χ3n) is 14.1. The molecule has 4 heteroatoms. The predicted molar refractivity (Wildman–Crippen MR) is 335 cm³/mol. The van der Waals surface area contributed by atoms with Crippen LogP contribution in [-0.4, -0.2) is 21.6 Å². The zero-order valence-electron chi connectivity index (χ0n) is 44.9.